The summed E-state index contributed by atoms with van der Waals surface area (Å²) in [4.78, 5) is 23.7. The second-order valence-electron chi connectivity index (χ2n) is 5.61. The summed E-state index contributed by atoms with van der Waals surface area (Å²) in [6.07, 6.45) is 0.781. The van der Waals surface area contributed by atoms with E-state index in [9.17, 15) is 9.59 Å². The van der Waals surface area contributed by atoms with Crippen LogP contribution in [0, 0.1) is 5.92 Å². The summed E-state index contributed by atoms with van der Waals surface area (Å²) in [6, 6.07) is 7.53. The molecule has 2 atom stereocenters. The Morgan fingerprint density at radius 2 is 2.10 bits per heavy atom. The molecule has 1 N–H and O–H groups in total. The summed E-state index contributed by atoms with van der Waals surface area (Å²) < 4.78 is 4.67. The van der Waals surface area contributed by atoms with Crippen molar-refractivity contribution in [1.82, 2.24) is 5.32 Å². The minimum absolute atomic E-state index is 0.0996. The molecule has 5 heteroatoms. The van der Waals surface area contributed by atoms with E-state index in [2.05, 4.69) is 10.1 Å². The summed E-state index contributed by atoms with van der Waals surface area (Å²) in [5.74, 6) is -0.490. The molecule has 4 nitrogen and oxygen atoms in total. The SMILES string of the molecule is COC(=O)C(C)(C)NC(=O)[C@@H]1C[C@@H]1c1cccc(Cl)c1. The molecule has 1 saturated carbocycles. The number of methoxy groups -OCH3 is 1. The van der Waals surface area contributed by atoms with Crippen molar-refractivity contribution in [3.8, 4) is 0 Å². The van der Waals surface area contributed by atoms with Gasteiger partial charge < -0.3 is 10.1 Å². The molecule has 108 valence electrons. The van der Waals surface area contributed by atoms with Crippen LogP contribution in [0.5, 0.6) is 0 Å². The molecule has 0 unspecified atom stereocenters. The Balaban J connectivity index is 1.98. The first-order valence-corrected chi connectivity index (χ1v) is 6.89. The van der Waals surface area contributed by atoms with E-state index in [-0.39, 0.29) is 17.7 Å². The highest BCUT2D eigenvalue weighted by Gasteiger charge is 2.46. The van der Waals surface area contributed by atoms with Crippen molar-refractivity contribution in [2.24, 2.45) is 5.92 Å². The van der Waals surface area contributed by atoms with Crippen molar-refractivity contribution in [2.45, 2.75) is 31.7 Å². The second kappa shape index (κ2) is 5.44. The van der Waals surface area contributed by atoms with E-state index < -0.39 is 11.5 Å². The average Bonchev–Trinajstić information content (AvgIpc) is 3.17. The smallest absolute Gasteiger partial charge is 0.330 e. The molecular weight excluding hydrogens is 278 g/mol. The van der Waals surface area contributed by atoms with E-state index in [4.69, 9.17) is 11.6 Å². The molecule has 0 bridgehead atoms. The van der Waals surface area contributed by atoms with E-state index in [0.29, 0.717) is 5.02 Å². The molecule has 0 aliphatic heterocycles. The lowest BCUT2D eigenvalue weighted by molar-refractivity contribution is -0.149. The fraction of sp³-hybridized carbons (Fsp3) is 0.467. The Kier molecular flexibility index (Phi) is 4.04. The predicted octanol–water partition coefficient (Wildman–Crippen LogP) is 2.51. The van der Waals surface area contributed by atoms with Crippen LogP contribution in [-0.2, 0) is 14.3 Å². The highest BCUT2D eigenvalue weighted by atomic mass is 35.5. The Bertz CT molecular complexity index is 542. The summed E-state index contributed by atoms with van der Waals surface area (Å²) in [7, 11) is 1.31. The Morgan fingerprint density at radius 1 is 1.40 bits per heavy atom. The minimum atomic E-state index is -1.01. The van der Waals surface area contributed by atoms with Gasteiger partial charge in [-0.3, -0.25) is 4.79 Å². The van der Waals surface area contributed by atoms with Crippen LogP contribution in [-0.4, -0.2) is 24.5 Å². The van der Waals surface area contributed by atoms with Crippen LogP contribution in [0.1, 0.15) is 31.7 Å². The highest BCUT2D eigenvalue weighted by molar-refractivity contribution is 6.30. The number of carbonyl (C=O) groups excluding carboxylic acids is 2. The molecule has 0 aromatic heterocycles. The summed E-state index contributed by atoms with van der Waals surface area (Å²) in [5, 5.41) is 3.41. The van der Waals surface area contributed by atoms with Gasteiger partial charge in [0.15, 0.2) is 0 Å². The maximum atomic E-state index is 12.2. The van der Waals surface area contributed by atoms with E-state index >= 15 is 0 Å². The topological polar surface area (TPSA) is 55.4 Å². The van der Waals surface area contributed by atoms with Gasteiger partial charge in [0.05, 0.1) is 7.11 Å². The van der Waals surface area contributed by atoms with Gasteiger partial charge in [0, 0.05) is 10.9 Å². The lowest BCUT2D eigenvalue weighted by atomic mass is 10.0. The maximum absolute atomic E-state index is 12.2. The minimum Gasteiger partial charge on any atom is -0.467 e. The number of nitrogens with one attached hydrogen (secondary N) is 1. The van der Waals surface area contributed by atoms with Crippen molar-refractivity contribution in [3.63, 3.8) is 0 Å². The second-order valence-corrected chi connectivity index (χ2v) is 6.05. The molecule has 1 aromatic carbocycles. The zero-order valence-electron chi connectivity index (χ0n) is 11.8. The van der Waals surface area contributed by atoms with E-state index in [1.54, 1.807) is 13.8 Å². The Hall–Kier alpha value is -1.55. The van der Waals surface area contributed by atoms with E-state index in [1.165, 1.54) is 7.11 Å². The number of ether oxygens (including phenoxy) is 1. The zero-order chi connectivity index (χ0) is 14.9. The molecular formula is C15H18ClNO3. The number of benzene rings is 1. The molecule has 0 saturated heterocycles. The summed E-state index contributed by atoms with van der Waals surface area (Å²) in [6.45, 7) is 3.26. The first kappa shape index (κ1) is 14.9. The van der Waals surface area contributed by atoms with Crippen molar-refractivity contribution in [3.05, 3.63) is 34.9 Å². The molecule has 1 fully saturated rings. The van der Waals surface area contributed by atoms with Crippen molar-refractivity contribution in [1.29, 1.82) is 0 Å². The highest BCUT2D eigenvalue weighted by Crippen LogP contribution is 2.48. The van der Waals surface area contributed by atoms with Crippen LogP contribution < -0.4 is 5.32 Å². The largest absolute Gasteiger partial charge is 0.467 e. The third-order valence-corrected chi connectivity index (χ3v) is 3.77. The molecule has 1 amide bonds. The Morgan fingerprint density at radius 3 is 2.70 bits per heavy atom. The molecule has 1 aliphatic rings. The lowest BCUT2D eigenvalue weighted by Crippen LogP contribution is -2.51. The van der Waals surface area contributed by atoms with Gasteiger partial charge in [-0.05, 0) is 43.9 Å². The van der Waals surface area contributed by atoms with Gasteiger partial charge in [-0.25, -0.2) is 4.79 Å². The molecule has 2 rings (SSSR count). The van der Waals surface area contributed by atoms with Crippen LogP contribution in [0.25, 0.3) is 0 Å². The third kappa shape index (κ3) is 3.12. The normalized spacial score (nSPS) is 21.2. The number of halogens is 1. The number of rotatable bonds is 4. The summed E-state index contributed by atoms with van der Waals surface area (Å²) in [5.41, 5.74) is 0.0568. The number of carbonyl (C=O) groups is 2. The summed E-state index contributed by atoms with van der Waals surface area (Å²) >= 11 is 5.95. The van der Waals surface area contributed by atoms with Gasteiger partial charge in [0.2, 0.25) is 5.91 Å². The fourth-order valence-corrected chi connectivity index (χ4v) is 2.50. The van der Waals surface area contributed by atoms with Gasteiger partial charge in [0.1, 0.15) is 5.54 Å². The quantitative estimate of drug-likeness (QED) is 0.868. The molecule has 1 aromatic rings. The van der Waals surface area contributed by atoms with Crippen LogP contribution >= 0.6 is 11.6 Å². The molecule has 0 radical (unpaired) electrons. The monoisotopic (exact) mass is 295 g/mol. The van der Waals surface area contributed by atoms with Gasteiger partial charge >= 0.3 is 5.97 Å². The molecule has 1 aliphatic carbocycles. The molecule has 0 heterocycles. The van der Waals surface area contributed by atoms with Crippen molar-refractivity contribution >= 4 is 23.5 Å². The van der Waals surface area contributed by atoms with Crippen molar-refractivity contribution in [2.75, 3.05) is 7.11 Å². The standard InChI is InChI=1S/C15H18ClNO3/c1-15(2,14(19)20-3)17-13(18)12-8-11(12)9-5-4-6-10(16)7-9/h4-7,11-12H,8H2,1-3H3,(H,17,18)/t11-,12-/m1/s1. The number of hydrogen-bond donors (Lipinski definition) is 1. The number of esters is 1. The van der Waals surface area contributed by atoms with Crippen LogP contribution in [0.4, 0.5) is 0 Å². The molecule has 0 spiro atoms. The van der Waals surface area contributed by atoms with Gasteiger partial charge in [-0.15, -0.1) is 0 Å². The average molecular weight is 296 g/mol. The van der Waals surface area contributed by atoms with Crippen LogP contribution in [0.3, 0.4) is 0 Å². The van der Waals surface area contributed by atoms with Gasteiger partial charge in [-0.2, -0.15) is 0 Å². The van der Waals surface area contributed by atoms with Crippen LogP contribution in [0.15, 0.2) is 24.3 Å². The zero-order valence-corrected chi connectivity index (χ0v) is 12.5. The van der Waals surface area contributed by atoms with Gasteiger partial charge in [-0.1, -0.05) is 23.7 Å². The van der Waals surface area contributed by atoms with Crippen LogP contribution in [0.2, 0.25) is 5.02 Å². The fourth-order valence-electron chi connectivity index (χ4n) is 2.30. The lowest BCUT2D eigenvalue weighted by Gasteiger charge is -2.23. The number of hydrogen-bond acceptors (Lipinski definition) is 3. The first-order valence-electron chi connectivity index (χ1n) is 6.51. The Labute approximate surface area is 123 Å². The third-order valence-electron chi connectivity index (χ3n) is 3.54. The predicted molar refractivity (Wildman–Crippen MR) is 76.5 cm³/mol. The van der Waals surface area contributed by atoms with Crippen molar-refractivity contribution < 1.29 is 14.3 Å². The maximum Gasteiger partial charge on any atom is 0.330 e. The molecule has 20 heavy (non-hydrogen) atoms. The van der Waals surface area contributed by atoms with E-state index in [0.717, 1.165) is 12.0 Å². The first-order chi connectivity index (χ1) is 9.35. The van der Waals surface area contributed by atoms with Gasteiger partial charge in [0.25, 0.3) is 0 Å². The number of amides is 1. The van der Waals surface area contributed by atoms with E-state index in [1.807, 2.05) is 24.3 Å².